The van der Waals surface area contributed by atoms with Gasteiger partial charge in [0, 0.05) is 0 Å². The number of thiocarbonyl (C=S) groups is 1. The van der Waals surface area contributed by atoms with Crippen LogP contribution in [0.25, 0.3) is 10.8 Å². The van der Waals surface area contributed by atoms with Gasteiger partial charge in [-0.05, 0) is 47.6 Å². The molecule has 0 aromatic heterocycles. The summed E-state index contributed by atoms with van der Waals surface area (Å²) in [4.78, 5) is 24.2. The highest BCUT2D eigenvalue weighted by atomic mass is 32.1. The van der Waals surface area contributed by atoms with Gasteiger partial charge in [0.05, 0.1) is 6.42 Å². The topological polar surface area (TPSA) is 79.5 Å². The fourth-order valence-corrected chi connectivity index (χ4v) is 2.87. The van der Waals surface area contributed by atoms with E-state index in [2.05, 4.69) is 16.2 Å². The highest BCUT2D eigenvalue weighted by molar-refractivity contribution is 7.80. The van der Waals surface area contributed by atoms with Crippen molar-refractivity contribution in [3.05, 3.63) is 78.4 Å². The van der Waals surface area contributed by atoms with Gasteiger partial charge >= 0.3 is 0 Å². The van der Waals surface area contributed by atoms with Gasteiger partial charge in [0.25, 0.3) is 5.91 Å². The third-order valence-electron chi connectivity index (χ3n) is 4.16. The van der Waals surface area contributed by atoms with Crippen molar-refractivity contribution in [1.29, 1.82) is 0 Å². The second-order valence-electron chi connectivity index (χ2n) is 6.42. The Bertz CT molecular complexity index is 1020. The van der Waals surface area contributed by atoms with Crippen molar-refractivity contribution in [2.75, 3.05) is 0 Å². The van der Waals surface area contributed by atoms with E-state index in [0.717, 1.165) is 16.3 Å². The summed E-state index contributed by atoms with van der Waals surface area (Å²) in [5.74, 6) is -0.105. The van der Waals surface area contributed by atoms with Crippen molar-refractivity contribution in [1.82, 2.24) is 16.2 Å². The average molecular weight is 407 g/mol. The fourth-order valence-electron chi connectivity index (χ4n) is 2.70. The lowest BCUT2D eigenvalue weighted by molar-refractivity contribution is -0.128. The number of rotatable bonds is 5. The SMILES string of the molecule is C[C@@H](Oc1ccc2ccccc2c1)C(=O)NNC(=S)NC(=O)Cc1ccccc1. The Morgan fingerprint density at radius 2 is 1.62 bits per heavy atom. The largest absolute Gasteiger partial charge is 0.481 e. The zero-order valence-electron chi connectivity index (χ0n) is 15.8. The molecule has 3 N–H and O–H groups in total. The monoisotopic (exact) mass is 407 g/mol. The molecule has 3 aromatic rings. The number of hydrazine groups is 1. The Morgan fingerprint density at radius 1 is 0.931 bits per heavy atom. The Labute approximate surface area is 174 Å². The quantitative estimate of drug-likeness (QED) is 0.448. The van der Waals surface area contributed by atoms with E-state index in [1.54, 1.807) is 6.92 Å². The van der Waals surface area contributed by atoms with E-state index in [9.17, 15) is 9.59 Å². The predicted molar refractivity (Wildman–Crippen MR) is 116 cm³/mol. The lowest BCUT2D eigenvalue weighted by Gasteiger charge is -2.16. The lowest BCUT2D eigenvalue weighted by Crippen LogP contribution is -2.51. The molecule has 29 heavy (non-hydrogen) atoms. The molecule has 0 bridgehead atoms. The van der Waals surface area contributed by atoms with Gasteiger partial charge in [-0.3, -0.25) is 20.4 Å². The van der Waals surface area contributed by atoms with E-state index in [1.165, 1.54) is 0 Å². The summed E-state index contributed by atoms with van der Waals surface area (Å²) in [6, 6.07) is 22.8. The zero-order chi connectivity index (χ0) is 20.6. The molecule has 0 aliphatic carbocycles. The predicted octanol–water partition coefficient (Wildman–Crippen LogP) is 2.87. The standard InChI is InChI=1S/C22H21N3O3S/c1-15(28-19-12-11-17-9-5-6-10-18(17)14-19)21(27)24-25-22(29)23-20(26)13-16-7-3-2-4-8-16/h2-12,14-15H,13H2,1H3,(H,24,27)(H2,23,25,26,29)/t15-/m1/s1. The molecule has 0 aliphatic rings. The Hall–Kier alpha value is -3.45. The normalized spacial score (nSPS) is 11.3. The van der Waals surface area contributed by atoms with Crippen LogP contribution in [0.1, 0.15) is 12.5 Å². The maximum atomic E-state index is 12.2. The number of nitrogens with one attached hydrogen (secondary N) is 3. The van der Waals surface area contributed by atoms with Crippen LogP contribution in [0.15, 0.2) is 72.8 Å². The van der Waals surface area contributed by atoms with Gasteiger partial charge in [0.2, 0.25) is 5.91 Å². The summed E-state index contributed by atoms with van der Waals surface area (Å²) in [5, 5.41) is 4.65. The maximum Gasteiger partial charge on any atom is 0.279 e. The first-order chi connectivity index (χ1) is 14.0. The highest BCUT2D eigenvalue weighted by Crippen LogP contribution is 2.21. The number of benzene rings is 3. The molecule has 148 valence electrons. The van der Waals surface area contributed by atoms with E-state index in [1.807, 2.05) is 72.8 Å². The molecule has 0 aliphatic heterocycles. The van der Waals surface area contributed by atoms with Gasteiger partial charge in [0.1, 0.15) is 5.75 Å². The van der Waals surface area contributed by atoms with E-state index >= 15 is 0 Å². The minimum Gasteiger partial charge on any atom is -0.481 e. The molecule has 6 nitrogen and oxygen atoms in total. The van der Waals surface area contributed by atoms with Crippen molar-refractivity contribution < 1.29 is 14.3 Å². The van der Waals surface area contributed by atoms with Gasteiger partial charge in [-0.1, -0.05) is 60.7 Å². The molecule has 3 rings (SSSR count). The minimum absolute atomic E-state index is 0.0113. The van der Waals surface area contributed by atoms with E-state index < -0.39 is 12.0 Å². The average Bonchev–Trinajstić information content (AvgIpc) is 2.72. The Kier molecular flexibility index (Phi) is 6.76. The summed E-state index contributed by atoms with van der Waals surface area (Å²) < 4.78 is 5.69. The van der Waals surface area contributed by atoms with Gasteiger partial charge in [0.15, 0.2) is 11.2 Å². The molecule has 0 radical (unpaired) electrons. The number of amides is 2. The van der Waals surface area contributed by atoms with Crippen molar-refractivity contribution in [3.8, 4) is 5.75 Å². The third kappa shape index (κ3) is 6.02. The molecule has 0 saturated carbocycles. The van der Waals surface area contributed by atoms with Crippen LogP contribution in [0.2, 0.25) is 0 Å². The van der Waals surface area contributed by atoms with Crippen LogP contribution in [0.5, 0.6) is 5.75 Å². The minimum atomic E-state index is -0.758. The second kappa shape index (κ2) is 9.66. The summed E-state index contributed by atoms with van der Waals surface area (Å²) in [7, 11) is 0. The van der Waals surface area contributed by atoms with Gasteiger partial charge in [-0.2, -0.15) is 0 Å². The molecule has 0 fully saturated rings. The zero-order valence-corrected chi connectivity index (χ0v) is 16.7. The molecular weight excluding hydrogens is 386 g/mol. The number of hydrogen-bond donors (Lipinski definition) is 3. The van der Waals surface area contributed by atoms with Crippen LogP contribution in [0, 0.1) is 0 Å². The lowest BCUT2D eigenvalue weighted by atomic mass is 10.1. The smallest absolute Gasteiger partial charge is 0.279 e. The van der Waals surface area contributed by atoms with Gasteiger partial charge in [-0.25, -0.2) is 0 Å². The van der Waals surface area contributed by atoms with Crippen molar-refractivity contribution in [3.63, 3.8) is 0 Å². The molecule has 2 amide bonds. The van der Waals surface area contributed by atoms with Gasteiger partial charge < -0.3 is 10.1 Å². The highest BCUT2D eigenvalue weighted by Gasteiger charge is 2.15. The molecular formula is C22H21N3O3S. The first-order valence-electron chi connectivity index (χ1n) is 9.10. The number of ether oxygens (including phenoxy) is 1. The maximum absolute atomic E-state index is 12.2. The molecule has 7 heteroatoms. The summed E-state index contributed by atoms with van der Waals surface area (Å²) >= 11 is 5.04. The summed E-state index contributed by atoms with van der Waals surface area (Å²) in [6.45, 7) is 1.63. The van der Waals surface area contributed by atoms with Crippen LogP contribution < -0.4 is 20.9 Å². The van der Waals surface area contributed by atoms with Gasteiger partial charge in [-0.15, -0.1) is 0 Å². The summed E-state index contributed by atoms with van der Waals surface area (Å²) in [5.41, 5.74) is 5.82. The molecule has 0 unspecified atom stereocenters. The van der Waals surface area contributed by atoms with E-state index in [-0.39, 0.29) is 17.4 Å². The third-order valence-corrected chi connectivity index (χ3v) is 4.37. The molecule has 3 aromatic carbocycles. The molecule has 0 heterocycles. The van der Waals surface area contributed by atoms with Crippen LogP contribution in [-0.4, -0.2) is 23.0 Å². The number of carbonyl (C=O) groups is 2. The van der Waals surface area contributed by atoms with Crippen LogP contribution in [0.4, 0.5) is 0 Å². The molecule has 1 atom stereocenters. The first kappa shape index (κ1) is 20.3. The molecule has 0 saturated heterocycles. The Morgan fingerprint density at radius 3 is 2.38 bits per heavy atom. The first-order valence-corrected chi connectivity index (χ1v) is 9.51. The van der Waals surface area contributed by atoms with E-state index in [0.29, 0.717) is 5.75 Å². The fraction of sp³-hybridized carbons (Fsp3) is 0.136. The summed E-state index contributed by atoms with van der Waals surface area (Å²) in [6.07, 6.45) is -0.565. The molecule has 0 spiro atoms. The van der Waals surface area contributed by atoms with Crippen LogP contribution >= 0.6 is 12.2 Å². The van der Waals surface area contributed by atoms with Crippen molar-refractivity contribution in [2.24, 2.45) is 0 Å². The number of fused-ring (bicyclic) bond motifs is 1. The Balaban J connectivity index is 1.45. The van der Waals surface area contributed by atoms with E-state index in [4.69, 9.17) is 17.0 Å². The number of hydrogen-bond acceptors (Lipinski definition) is 4. The van der Waals surface area contributed by atoms with Crippen molar-refractivity contribution >= 4 is 39.9 Å². The second-order valence-corrected chi connectivity index (χ2v) is 6.83. The van der Waals surface area contributed by atoms with Crippen LogP contribution in [-0.2, 0) is 16.0 Å². The number of carbonyl (C=O) groups excluding carboxylic acids is 2. The van der Waals surface area contributed by atoms with Crippen LogP contribution in [0.3, 0.4) is 0 Å². The van der Waals surface area contributed by atoms with Crippen molar-refractivity contribution in [2.45, 2.75) is 19.4 Å².